The zero-order chi connectivity index (χ0) is 20.3. The summed E-state index contributed by atoms with van der Waals surface area (Å²) < 4.78 is 11.4. The molecule has 0 saturated heterocycles. The number of methoxy groups -OCH3 is 1. The SMILES string of the molecule is COc1ccc(Oc2c(C)cc([N+](=O)[O-])cc2C)cc1C(=O)CC1CCCC1. The Kier molecular flexibility index (Phi) is 5.97. The van der Waals surface area contributed by atoms with Gasteiger partial charge in [-0.15, -0.1) is 0 Å². The molecule has 1 fully saturated rings. The first-order chi connectivity index (χ1) is 13.4. The Morgan fingerprint density at radius 1 is 1.14 bits per heavy atom. The highest BCUT2D eigenvalue weighted by Crippen LogP contribution is 2.35. The number of nitrogens with zero attached hydrogens (tertiary/aromatic N) is 1. The lowest BCUT2D eigenvalue weighted by Crippen LogP contribution is -2.08. The minimum Gasteiger partial charge on any atom is -0.496 e. The van der Waals surface area contributed by atoms with E-state index in [1.807, 2.05) is 0 Å². The van der Waals surface area contributed by atoms with Crippen LogP contribution in [0.5, 0.6) is 17.2 Å². The van der Waals surface area contributed by atoms with Gasteiger partial charge in [0.2, 0.25) is 0 Å². The fourth-order valence-electron chi connectivity index (χ4n) is 3.87. The van der Waals surface area contributed by atoms with Crippen molar-refractivity contribution in [3.05, 3.63) is 57.1 Å². The molecule has 2 aromatic rings. The molecule has 1 aliphatic rings. The zero-order valence-electron chi connectivity index (χ0n) is 16.5. The molecule has 0 aromatic heterocycles. The monoisotopic (exact) mass is 383 g/mol. The van der Waals surface area contributed by atoms with Crippen LogP contribution in [-0.2, 0) is 0 Å². The first kappa shape index (κ1) is 19.9. The molecular weight excluding hydrogens is 358 g/mol. The topological polar surface area (TPSA) is 78.7 Å². The van der Waals surface area contributed by atoms with Crippen molar-refractivity contribution in [1.29, 1.82) is 0 Å². The number of hydrogen-bond acceptors (Lipinski definition) is 5. The molecule has 1 saturated carbocycles. The van der Waals surface area contributed by atoms with Crippen molar-refractivity contribution in [2.75, 3.05) is 7.11 Å². The Morgan fingerprint density at radius 3 is 2.36 bits per heavy atom. The van der Waals surface area contributed by atoms with Gasteiger partial charge in [-0.3, -0.25) is 14.9 Å². The highest BCUT2D eigenvalue weighted by Gasteiger charge is 2.22. The van der Waals surface area contributed by atoms with E-state index in [0.29, 0.717) is 46.3 Å². The number of hydrogen-bond donors (Lipinski definition) is 0. The average Bonchev–Trinajstić information content (AvgIpc) is 3.17. The summed E-state index contributed by atoms with van der Waals surface area (Å²) in [6.07, 6.45) is 5.11. The summed E-state index contributed by atoms with van der Waals surface area (Å²) >= 11 is 0. The predicted octanol–water partition coefficient (Wildman–Crippen LogP) is 5.78. The van der Waals surface area contributed by atoms with Crippen LogP contribution in [0.1, 0.15) is 53.6 Å². The number of rotatable bonds is 7. The minimum absolute atomic E-state index is 0.0320. The normalized spacial score (nSPS) is 14.1. The van der Waals surface area contributed by atoms with E-state index in [-0.39, 0.29) is 11.5 Å². The van der Waals surface area contributed by atoms with E-state index in [1.165, 1.54) is 25.0 Å². The van der Waals surface area contributed by atoms with Crippen molar-refractivity contribution in [2.45, 2.75) is 46.0 Å². The number of non-ortho nitro benzene ring substituents is 1. The summed E-state index contributed by atoms with van der Waals surface area (Å²) in [7, 11) is 1.55. The van der Waals surface area contributed by atoms with E-state index in [0.717, 1.165) is 12.8 Å². The van der Waals surface area contributed by atoms with Gasteiger partial charge >= 0.3 is 0 Å². The van der Waals surface area contributed by atoms with Crippen molar-refractivity contribution in [2.24, 2.45) is 5.92 Å². The van der Waals surface area contributed by atoms with Gasteiger partial charge in [0.1, 0.15) is 17.2 Å². The van der Waals surface area contributed by atoms with Gasteiger partial charge in [0.25, 0.3) is 5.69 Å². The van der Waals surface area contributed by atoms with Gasteiger partial charge in [-0.1, -0.05) is 25.7 Å². The molecule has 2 aromatic carbocycles. The number of aryl methyl sites for hydroxylation is 2. The second-order valence-corrected chi connectivity index (χ2v) is 7.41. The maximum Gasteiger partial charge on any atom is 0.270 e. The van der Waals surface area contributed by atoms with Gasteiger partial charge in [-0.05, 0) is 49.1 Å². The van der Waals surface area contributed by atoms with Gasteiger partial charge in [-0.25, -0.2) is 0 Å². The van der Waals surface area contributed by atoms with Crippen LogP contribution in [0.4, 0.5) is 5.69 Å². The lowest BCUT2D eigenvalue weighted by Gasteiger charge is -2.15. The number of ether oxygens (including phenoxy) is 2. The van der Waals surface area contributed by atoms with Crippen LogP contribution in [0.15, 0.2) is 30.3 Å². The van der Waals surface area contributed by atoms with E-state index >= 15 is 0 Å². The van der Waals surface area contributed by atoms with Crippen LogP contribution in [0.3, 0.4) is 0 Å². The zero-order valence-corrected chi connectivity index (χ0v) is 16.5. The Bertz CT molecular complexity index is 877. The van der Waals surface area contributed by atoms with Crippen molar-refractivity contribution >= 4 is 11.5 Å². The fraction of sp³-hybridized carbons (Fsp3) is 0.409. The summed E-state index contributed by atoms with van der Waals surface area (Å²) in [5, 5.41) is 11.0. The summed E-state index contributed by atoms with van der Waals surface area (Å²) in [5.74, 6) is 2.11. The van der Waals surface area contributed by atoms with Crippen LogP contribution in [0.25, 0.3) is 0 Å². The van der Waals surface area contributed by atoms with Crippen molar-refractivity contribution in [3.63, 3.8) is 0 Å². The molecule has 0 bridgehead atoms. The Labute approximate surface area is 164 Å². The molecule has 6 nitrogen and oxygen atoms in total. The smallest absolute Gasteiger partial charge is 0.270 e. The largest absolute Gasteiger partial charge is 0.496 e. The first-order valence-electron chi connectivity index (χ1n) is 9.53. The van der Waals surface area contributed by atoms with Crippen LogP contribution < -0.4 is 9.47 Å². The molecule has 6 heteroatoms. The van der Waals surface area contributed by atoms with E-state index in [9.17, 15) is 14.9 Å². The van der Waals surface area contributed by atoms with Crippen molar-refractivity contribution in [3.8, 4) is 17.2 Å². The second-order valence-electron chi connectivity index (χ2n) is 7.41. The van der Waals surface area contributed by atoms with Gasteiger partial charge in [0.05, 0.1) is 17.6 Å². The summed E-state index contributed by atoms with van der Waals surface area (Å²) in [6, 6.07) is 8.14. The number of Topliss-reactive ketones (excluding diaryl/α,β-unsaturated/α-hetero) is 1. The maximum atomic E-state index is 12.8. The number of carbonyl (C=O) groups is 1. The number of ketones is 1. The third-order valence-electron chi connectivity index (χ3n) is 5.30. The standard InChI is InChI=1S/C22H25NO5/c1-14-10-17(23(25)26)11-15(2)22(14)28-18-8-9-21(27-3)19(13-18)20(24)12-16-6-4-5-7-16/h8-11,13,16H,4-7,12H2,1-3H3. The molecule has 28 heavy (non-hydrogen) atoms. The molecule has 1 aliphatic carbocycles. The molecular formula is C22H25NO5. The van der Waals surface area contributed by atoms with Gasteiger partial charge in [0.15, 0.2) is 5.78 Å². The van der Waals surface area contributed by atoms with Crippen LogP contribution in [0, 0.1) is 29.9 Å². The lowest BCUT2D eigenvalue weighted by molar-refractivity contribution is -0.385. The Morgan fingerprint density at radius 2 is 1.79 bits per heavy atom. The minimum atomic E-state index is -0.420. The Balaban J connectivity index is 1.87. The third-order valence-corrected chi connectivity index (χ3v) is 5.30. The van der Waals surface area contributed by atoms with Crippen LogP contribution >= 0.6 is 0 Å². The first-order valence-corrected chi connectivity index (χ1v) is 9.53. The molecule has 0 amide bonds. The highest BCUT2D eigenvalue weighted by atomic mass is 16.6. The van der Waals surface area contributed by atoms with E-state index < -0.39 is 4.92 Å². The number of benzene rings is 2. The molecule has 0 spiro atoms. The van der Waals surface area contributed by atoms with Crippen LogP contribution in [0.2, 0.25) is 0 Å². The molecule has 0 unspecified atom stereocenters. The van der Waals surface area contributed by atoms with E-state index in [2.05, 4.69) is 0 Å². The van der Waals surface area contributed by atoms with Gasteiger partial charge in [0, 0.05) is 18.6 Å². The lowest BCUT2D eigenvalue weighted by atomic mass is 9.96. The van der Waals surface area contributed by atoms with Crippen molar-refractivity contribution in [1.82, 2.24) is 0 Å². The molecule has 0 radical (unpaired) electrons. The molecule has 148 valence electrons. The molecule has 0 aliphatic heterocycles. The van der Waals surface area contributed by atoms with Crippen LogP contribution in [-0.4, -0.2) is 17.8 Å². The Hall–Kier alpha value is -2.89. The molecule has 0 heterocycles. The second kappa shape index (κ2) is 8.42. The maximum absolute atomic E-state index is 12.8. The molecule has 3 rings (SSSR count). The number of nitro groups is 1. The molecule has 0 N–H and O–H groups in total. The van der Waals surface area contributed by atoms with E-state index in [4.69, 9.17) is 9.47 Å². The predicted molar refractivity (Wildman–Crippen MR) is 107 cm³/mol. The number of carbonyl (C=O) groups excluding carboxylic acids is 1. The molecule has 0 atom stereocenters. The van der Waals surface area contributed by atoms with Gasteiger partial charge < -0.3 is 9.47 Å². The summed E-state index contributed by atoms with van der Waals surface area (Å²) in [5.41, 5.74) is 1.89. The highest BCUT2D eigenvalue weighted by molar-refractivity contribution is 5.99. The van der Waals surface area contributed by atoms with E-state index in [1.54, 1.807) is 39.2 Å². The fourth-order valence-corrected chi connectivity index (χ4v) is 3.87. The number of nitro benzene ring substituents is 1. The van der Waals surface area contributed by atoms with Gasteiger partial charge in [-0.2, -0.15) is 0 Å². The van der Waals surface area contributed by atoms with Crippen molar-refractivity contribution < 1.29 is 19.2 Å². The quantitative estimate of drug-likeness (QED) is 0.344. The summed E-state index contributed by atoms with van der Waals surface area (Å²) in [6.45, 7) is 3.54. The third kappa shape index (κ3) is 4.32. The summed E-state index contributed by atoms with van der Waals surface area (Å²) in [4.78, 5) is 23.4. The average molecular weight is 383 g/mol.